The summed E-state index contributed by atoms with van der Waals surface area (Å²) in [7, 11) is 1.72. The summed E-state index contributed by atoms with van der Waals surface area (Å²) >= 11 is 8.06. The quantitative estimate of drug-likeness (QED) is 0.191. The SMILES string of the molecule is COc1cc(CN2CCN(Cc3ccc(-c4cccc(Cl)c4)s3)CC2)ccc1OCc1c(C)cc(C(C)(C)C)cc1C. The molecule has 0 N–H and O–H groups in total. The van der Waals surface area contributed by atoms with E-state index in [1.54, 1.807) is 7.11 Å². The van der Waals surface area contributed by atoms with Crippen LogP contribution >= 0.6 is 22.9 Å². The lowest BCUT2D eigenvalue weighted by Crippen LogP contribution is -2.45. The van der Waals surface area contributed by atoms with Crippen molar-refractivity contribution in [2.75, 3.05) is 33.3 Å². The molecule has 0 spiro atoms. The van der Waals surface area contributed by atoms with Gasteiger partial charge >= 0.3 is 0 Å². The second-order valence-corrected chi connectivity index (χ2v) is 14.0. The minimum absolute atomic E-state index is 0.132. The molecule has 0 atom stereocenters. The van der Waals surface area contributed by atoms with E-state index in [0.29, 0.717) is 6.61 Å². The average Bonchev–Trinajstić information content (AvgIpc) is 3.42. The Balaban J connectivity index is 1.14. The summed E-state index contributed by atoms with van der Waals surface area (Å²) in [5, 5.41) is 0.783. The van der Waals surface area contributed by atoms with Gasteiger partial charge in [-0.3, -0.25) is 9.80 Å². The first kappa shape index (κ1) is 30.6. The number of aryl methyl sites for hydroxylation is 2. The first-order valence-electron chi connectivity index (χ1n) is 14.8. The minimum atomic E-state index is 0.132. The molecule has 1 aliphatic rings. The number of rotatable bonds is 9. The summed E-state index contributed by atoms with van der Waals surface area (Å²) in [6.45, 7) is 17.8. The van der Waals surface area contributed by atoms with Crippen molar-refractivity contribution in [1.82, 2.24) is 9.80 Å². The van der Waals surface area contributed by atoms with Gasteiger partial charge in [0.1, 0.15) is 6.61 Å². The van der Waals surface area contributed by atoms with E-state index in [9.17, 15) is 0 Å². The van der Waals surface area contributed by atoms with Gasteiger partial charge in [-0.05, 0) is 89.0 Å². The molecule has 0 amide bonds. The first-order chi connectivity index (χ1) is 20.1. The lowest BCUT2D eigenvalue weighted by molar-refractivity contribution is 0.122. The molecule has 0 unspecified atom stereocenters. The largest absolute Gasteiger partial charge is 0.493 e. The molecule has 222 valence electrons. The van der Waals surface area contributed by atoms with Crippen LogP contribution < -0.4 is 9.47 Å². The number of nitrogens with zero attached hydrogens (tertiary/aromatic N) is 2. The number of ether oxygens (including phenoxy) is 2. The van der Waals surface area contributed by atoms with Gasteiger partial charge in [-0.1, -0.05) is 62.7 Å². The number of benzene rings is 3. The van der Waals surface area contributed by atoms with Gasteiger partial charge in [0.2, 0.25) is 0 Å². The van der Waals surface area contributed by atoms with Crippen molar-refractivity contribution in [2.45, 2.75) is 59.7 Å². The van der Waals surface area contributed by atoms with Crippen LogP contribution in [0, 0.1) is 13.8 Å². The highest BCUT2D eigenvalue weighted by Gasteiger charge is 2.20. The van der Waals surface area contributed by atoms with E-state index in [4.69, 9.17) is 21.1 Å². The predicted molar refractivity (Wildman–Crippen MR) is 177 cm³/mol. The molecule has 1 aliphatic heterocycles. The van der Waals surface area contributed by atoms with Gasteiger partial charge in [0.25, 0.3) is 0 Å². The van der Waals surface area contributed by atoms with E-state index in [1.807, 2.05) is 29.5 Å². The van der Waals surface area contributed by atoms with Crippen molar-refractivity contribution >= 4 is 22.9 Å². The maximum Gasteiger partial charge on any atom is 0.161 e. The molecule has 5 rings (SSSR count). The molecule has 0 saturated carbocycles. The highest BCUT2D eigenvalue weighted by Crippen LogP contribution is 2.33. The average molecular weight is 603 g/mol. The molecule has 3 aromatic carbocycles. The van der Waals surface area contributed by atoms with Crippen LogP contribution in [0.15, 0.2) is 66.7 Å². The topological polar surface area (TPSA) is 24.9 Å². The number of piperazine rings is 1. The highest BCUT2D eigenvalue weighted by molar-refractivity contribution is 7.15. The Labute approximate surface area is 260 Å². The summed E-state index contributed by atoms with van der Waals surface area (Å²) in [5.41, 5.74) is 7.72. The Morgan fingerprint density at radius 2 is 1.50 bits per heavy atom. The number of hydrogen-bond donors (Lipinski definition) is 0. The summed E-state index contributed by atoms with van der Waals surface area (Å²) in [5.74, 6) is 1.58. The Morgan fingerprint density at radius 1 is 0.810 bits per heavy atom. The molecule has 4 aromatic rings. The molecule has 0 radical (unpaired) electrons. The smallest absolute Gasteiger partial charge is 0.161 e. The van der Waals surface area contributed by atoms with Crippen molar-refractivity contribution in [3.63, 3.8) is 0 Å². The zero-order chi connectivity index (χ0) is 29.9. The first-order valence-corrected chi connectivity index (χ1v) is 16.0. The van der Waals surface area contributed by atoms with Crippen molar-refractivity contribution < 1.29 is 9.47 Å². The highest BCUT2D eigenvalue weighted by atomic mass is 35.5. The maximum atomic E-state index is 6.30. The van der Waals surface area contributed by atoms with Gasteiger partial charge in [-0.2, -0.15) is 0 Å². The standard InChI is InChI=1S/C36H43ClN2O2S/c1-25-18-29(36(3,4)5)19-26(2)32(25)24-41-33-12-10-27(20-34(33)40-6)22-38-14-16-39(17-15-38)23-31-11-13-35(42-31)28-8-7-9-30(37)21-28/h7-13,18-21H,14-17,22-24H2,1-6H3. The molecule has 0 aliphatic carbocycles. The van der Waals surface area contributed by atoms with Crippen molar-refractivity contribution in [3.05, 3.63) is 104 Å². The van der Waals surface area contributed by atoms with E-state index in [2.05, 4.69) is 92.9 Å². The third-order valence-corrected chi connectivity index (χ3v) is 9.54. The zero-order valence-electron chi connectivity index (χ0n) is 25.8. The fourth-order valence-electron chi connectivity index (χ4n) is 5.58. The molecular formula is C36H43ClN2O2S. The Bertz CT molecular complexity index is 1490. The van der Waals surface area contributed by atoms with Gasteiger partial charge in [0, 0.05) is 54.0 Å². The molecule has 6 heteroatoms. The molecular weight excluding hydrogens is 560 g/mol. The van der Waals surface area contributed by atoms with Crippen LogP contribution in [-0.2, 0) is 25.1 Å². The van der Waals surface area contributed by atoms with Gasteiger partial charge in [-0.15, -0.1) is 11.3 Å². The van der Waals surface area contributed by atoms with Gasteiger partial charge in [0.15, 0.2) is 11.5 Å². The third kappa shape index (κ3) is 7.57. The van der Waals surface area contributed by atoms with Crippen molar-refractivity contribution in [3.8, 4) is 21.9 Å². The van der Waals surface area contributed by atoms with E-state index in [-0.39, 0.29) is 5.41 Å². The molecule has 42 heavy (non-hydrogen) atoms. The number of hydrogen-bond acceptors (Lipinski definition) is 5. The van der Waals surface area contributed by atoms with Crippen molar-refractivity contribution in [2.24, 2.45) is 0 Å². The summed E-state index contributed by atoms with van der Waals surface area (Å²) < 4.78 is 12.1. The second-order valence-electron chi connectivity index (χ2n) is 12.4. The van der Waals surface area contributed by atoms with E-state index in [0.717, 1.165) is 55.8 Å². The fraction of sp³-hybridized carbons (Fsp3) is 0.389. The lowest BCUT2D eigenvalue weighted by atomic mass is 9.84. The van der Waals surface area contributed by atoms with E-state index >= 15 is 0 Å². The Morgan fingerprint density at radius 3 is 2.14 bits per heavy atom. The maximum absolute atomic E-state index is 6.30. The Hall–Kier alpha value is -2.83. The van der Waals surface area contributed by atoms with Crippen LogP contribution in [0.2, 0.25) is 5.02 Å². The number of halogens is 1. The van der Waals surface area contributed by atoms with Crippen LogP contribution in [-0.4, -0.2) is 43.1 Å². The summed E-state index contributed by atoms with van der Waals surface area (Å²) in [6.07, 6.45) is 0. The zero-order valence-corrected chi connectivity index (χ0v) is 27.4. The molecule has 2 heterocycles. The summed E-state index contributed by atoms with van der Waals surface area (Å²) in [4.78, 5) is 7.76. The third-order valence-electron chi connectivity index (χ3n) is 8.18. The fourth-order valence-corrected chi connectivity index (χ4v) is 6.81. The second kappa shape index (κ2) is 13.2. The van der Waals surface area contributed by atoms with Crippen molar-refractivity contribution in [1.29, 1.82) is 0 Å². The normalized spacial score (nSPS) is 14.7. The van der Waals surface area contributed by atoms with Crippen LogP contribution in [0.5, 0.6) is 11.5 Å². The van der Waals surface area contributed by atoms with E-state index < -0.39 is 0 Å². The van der Waals surface area contributed by atoms with Crippen LogP contribution in [0.4, 0.5) is 0 Å². The molecule has 4 nitrogen and oxygen atoms in total. The summed E-state index contributed by atoms with van der Waals surface area (Å²) in [6, 6.07) is 23.5. The molecule has 1 saturated heterocycles. The van der Waals surface area contributed by atoms with Crippen LogP contribution in [0.25, 0.3) is 10.4 Å². The number of methoxy groups -OCH3 is 1. The monoisotopic (exact) mass is 602 g/mol. The van der Waals surface area contributed by atoms with Crippen LogP contribution in [0.1, 0.15) is 53.5 Å². The van der Waals surface area contributed by atoms with Crippen LogP contribution in [0.3, 0.4) is 0 Å². The van der Waals surface area contributed by atoms with Gasteiger partial charge < -0.3 is 9.47 Å². The predicted octanol–water partition coefficient (Wildman–Crippen LogP) is 8.89. The minimum Gasteiger partial charge on any atom is -0.493 e. The van der Waals surface area contributed by atoms with Gasteiger partial charge in [0.05, 0.1) is 7.11 Å². The molecule has 0 bridgehead atoms. The van der Waals surface area contributed by atoms with Gasteiger partial charge in [-0.25, -0.2) is 0 Å². The lowest BCUT2D eigenvalue weighted by Gasteiger charge is -2.34. The molecule has 1 fully saturated rings. The number of thiophene rings is 1. The Kier molecular flexibility index (Phi) is 9.64. The molecule has 1 aromatic heterocycles. The van der Waals surface area contributed by atoms with E-state index in [1.165, 1.54) is 43.1 Å².